The van der Waals surface area contributed by atoms with Crippen molar-refractivity contribution in [3.8, 4) is 0 Å². The van der Waals surface area contributed by atoms with Crippen LogP contribution in [0, 0.1) is 6.92 Å². The van der Waals surface area contributed by atoms with Crippen LogP contribution in [0.4, 0.5) is 11.4 Å². The van der Waals surface area contributed by atoms with Crippen LogP contribution in [0.2, 0.25) is 10.0 Å². The molecule has 2 aromatic rings. The first kappa shape index (κ1) is 20.9. The first-order valence-corrected chi connectivity index (χ1v) is 10.1. The number of halogens is 2. The quantitative estimate of drug-likeness (QED) is 0.706. The Labute approximate surface area is 180 Å². The third-order valence-corrected chi connectivity index (χ3v) is 5.62. The number of aryl methyl sites for hydroxylation is 1. The first-order chi connectivity index (χ1) is 13.3. The Bertz CT molecular complexity index is 898. The van der Waals surface area contributed by atoms with Gasteiger partial charge in [-0.2, -0.15) is 0 Å². The zero-order valence-electron chi connectivity index (χ0n) is 15.8. The predicted molar refractivity (Wildman–Crippen MR) is 121 cm³/mol. The number of rotatable bonds is 3. The number of amides is 1. The van der Waals surface area contributed by atoms with Crippen molar-refractivity contribution in [2.24, 2.45) is 0 Å². The lowest BCUT2D eigenvalue weighted by Crippen LogP contribution is -2.44. The van der Waals surface area contributed by atoms with Crippen LogP contribution in [0.15, 0.2) is 36.4 Å². The second-order valence-electron chi connectivity index (χ2n) is 6.83. The lowest BCUT2D eigenvalue weighted by atomic mass is 10.1. The van der Waals surface area contributed by atoms with Crippen molar-refractivity contribution >= 4 is 57.8 Å². The smallest absolute Gasteiger partial charge is 0.257 e. The van der Waals surface area contributed by atoms with Crippen molar-refractivity contribution in [3.05, 3.63) is 57.6 Å². The van der Waals surface area contributed by atoms with Gasteiger partial charge in [-0.3, -0.25) is 10.1 Å². The maximum Gasteiger partial charge on any atom is 0.257 e. The summed E-state index contributed by atoms with van der Waals surface area (Å²) in [5, 5.41) is 7.05. The van der Waals surface area contributed by atoms with Gasteiger partial charge in [-0.1, -0.05) is 29.3 Å². The number of likely N-dealkylation sites (N-methyl/N-ethyl adjacent to an activating group) is 1. The van der Waals surface area contributed by atoms with E-state index in [1.165, 1.54) is 0 Å². The van der Waals surface area contributed by atoms with Gasteiger partial charge in [0, 0.05) is 42.5 Å². The number of nitrogens with one attached hydrogen (secondary N) is 2. The molecule has 1 heterocycles. The molecule has 1 amide bonds. The number of carbonyl (C=O) groups excluding carboxylic acids is 1. The van der Waals surface area contributed by atoms with Gasteiger partial charge in [-0.15, -0.1) is 0 Å². The molecule has 0 aliphatic carbocycles. The summed E-state index contributed by atoms with van der Waals surface area (Å²) >= 11 is 17.8. The summed E-state index contributed by atoms with van der Waals surface area (Å²) in [7, 11) is 2.12. The maximum absolute atomic E-state index is 12.3. The SMILES string of the molecule is Cc1ccc(C(=O)NC(=S)Nc2ccc(N3CCN(C)CC3)c(Cl)c2)cc1Cl. The molecule has 0 radical (unpaired) electrons. The van der Waals surface area contributed by atoms with E-state index in [-0.39, 0.29) is 11.0 Å². The van der Waals surface area contributed by atoms with Crippen molar-refractivity contribution in [1.29, 1.82) is 0 Å². The van der Waals surface area contributed by atoms with E-state index >= 15 is 0 Å². The van der Waals surface area contributed by atoms with Gasteiger partial charge >= 0.3 is 0 Å². The number of anilines is 2. The van der Waals surface area contributed by atoms with Crippen molar-refractivity contribution in [2.75, 3.05) is 43.4 Å². The second kappa shape index (κ2) is 9.09. The number of hydrogen-bond donors (Lipinski definition) is 2. The summed E-state index contributed by atoms with van der Waals surface area (Å²) in [6.45, 7) is 5.78. The number of piperazine rings is 1. The highest BCUT2D eigenvalue weighted by Gasteiger charge is 2.17. The van der Waals surface area contributed by atoms with Gasteiger partial charge in [0.1, 0.15) is 0 Å². The average molecular weight is 437 g/mol. The Morgan fingerprint density at radius 1 is 1.04 bits per heavy atom. The van der Waals surface area contributed by atoms with Gasteiger partial charge in [-0.05, 0) is 62.1 Å². The summed E-state index contributed by atoms with van der Waals surface area (Å²) in [5.41, 5.74) is 3.08. The molecule has 2 aromatic carbocycles. The standard InChI is InChI=1S/C20H22Cl2N4OS/c1-13-3-4-14(11-16(13)21)19(27)24-20(28)23-15-5-6-18(17(22)12-15)26-9-7-25(2)8-10-26/h3-6,11-12H,7-10H2,1-2H3,(H2,23,24,27,28). The molecule has 28 heavy (non-hydrogen) atoms. The number of thiocarbonyl (C=S) groups is 1. The zero-order valence-corrected chi connectivity index (χ0v) is 18.1. The highest BCUT2D eigenvalue weighted by Crippen LogP contribution is 2.29. The minimum absolute atomic E-state index is 0.199. The fourth-order valence-electron chi connectivity index (χ4n) is 2.96. The monoisotopic (exact) mass is 436 g/mol. The maximum atomic E-state index is 12.3. The highest BCUT2D eigenvalue weighted by molar-refractivity contribution is 7.80. The van der Waals surface area contributed by atoms with Crippen molar-refractivity contribution in [1.82, 2.24) is 10.2 Å². The Balaban J connectivity index is 1.61. The minimum atomic E-state index is -0.320. The van der Waals surface area contributed by atoms with Crippen LogP contribution in [0.25, 0.3) is 0 Å². The lowest BCUT2D eigenvalue weighted by molar-refractivity contribution is 0.0977. The first-order valence-electron chi connectivity index (χ1n) is 8.95. The van der Waals surface area contributed by atoms with Crippen molar-refractivity contribution in [2.45, 2.75) is 6.92 Å². The van der Waals surface area contributed by atoms with E-state index in [2.05, 4.69) is 27.5 Å². The number of nitrogens with zero attached hydrogens (tertiary/aromatic N) is 2. The fraction of sp³-hybridized carbons (Fsp3) is 0.300. The largest absolute Gasteiger partial charge is 0.368 e. The van der Waals surface area contributed by atoms with E-state index in [1.807, 2.05) is 25.1 Å². The van der Waals surface area contributed by atoms with E-state index in [0.717, 1.165) is 43.1 Å². The van der Waals surface area contributed by atoms with E-state index < -0.39 is 0 Å². The van der Waals surface area contributed by atoms with E-state index in [0.29, 0.717) is 15.6 Å². The molecule has 5 nitrogen and oxygen atoms in total. The summed E-state index contributed by atoms with van der Waals surface area (Å²) in [5.74, 6) is -0.320. The minimum Gasteiger partial charge on any atom is -0.368 e. The predicted octanol–water partition coefficient (Wildman–Crippen LogP) is 4.18. The molecule has 3 rings (SSSR count). The normalized spacial score (nSPS) is 14.6. The van der Waals surface area contributed by atoms with E-state index in [4.69, 9.17) is 35.4 Å². The molecule has 0 saturated carbocycles. The van der Waals surface area contributed by atoms with E-state index in [1.54, 1.807) is 18.2 Å². The van der Waals surface area contributed by atoms with E-state index in [9.17, 15) is 4.79 Å². The van der Waals surface area contributed by atoms with Gasteiger partial charge in [0.15, 0.2) is 5.11 Å². The molecule has 2 N–H and O–H groups in total. The van der Waals surface area contributed by atoms with Crippen LogP contribution >= 0.6 is 35.4 Å². The Kier molecular flexibility index (Phi) is 6.78. The number of benzene rings is 2. The number of hydrogen-bond acceptors (Lipinski definition) is 4. The van der Waals surface area contributed by atoms with Gasteiger partial charge < -0.3 is 15.1 Å². The molecule has 148 valence electrons. The number of carbonyl (C=O) groups is 1. The molecule has 1 fully saturated rings. The molecular weight excluding hydrogens is 415 g/mol. The van der Waals surface area contributed by atoms with Crippen LogP contribution in [0.1, 0.15) is 15.9 Å². The summed E-state index contributed by atoms with van der Waals surface area (Å²) in [4.78, 5) is 16.9. The van der Waals surface area contributed by atoms with Crippen molar-refractivity contribution in [3.63, 3.8) is 0 Å². The second-order valence-corrected chi connectivity index (χ2v) is 8.05. The molecule has 8 heteroatoms. The molecule has 0 aromatic heterocycles. The summed E-state index contributed by atoms with van der Waals surface area (Å²) in [6, 6.07) is 10.8. The van der Waals surface area contributed by atoms with Crippen molar-refractivity contribution < 1.29 is 4.79 Å². The topological polar surface area (TPSA) is 47.6 Å². The van der Waals surface area contributed by atoms with Crippen LogP contribution in [0.5, 0.6) is 0 Å². The van der Waals surface area contributed by atoms with Gasteiger partial charge in [0.2, 0.25) is 0 Å². The Hall–Kier alpha value is -1.86. The molecule has 1 aliphatic rings. The lowest BCUT2D eigenvalue weighted by Gasteiger charge is -2.34. The third-order valence-electron chi connectivity index (χ3n) is 4.71. The van der Waals surface area contributed by atoms with Gasteiger partial charge in [0.25, 0.3) is 5.91 Å². The molecule has 0 atom stereocenters. The average Bonchev–Trinajstić information content (AvgIpc) is 2.65. The molecule has 1 saturated heterocycles. The van der Waals surface area contributed by atoms with Crippen LogP contribution in [-0.2, 0) is 0 Å². The molecular formula is C20H22Cl2N4OS. The van der Waals surface area contributed by atoms with Gasteiger partial charge in [-0.25, -0.2) is 0 Å². The van der Waals surface area contributed by atoms with Gasteiger partial charge in [0.05, 0.1) is 10.7 Å². The third kappa shape index (κ3) is 5.14. The fourth-order valence-corrected chi connectivity index (χ4v) is 3.65. The summed E-state index contributed by atoms with van der Waals surface area (Å²) < 4.78 is 0. The molecule has 0 unspecified atom stereocenters. The van der Waals surface area contributed by atoms with Crippen LogP contribution in [0.3, 0.4) is 0 Å². The molecule has 0 bridgehead atoms. The zero-order chi connectivity index (χ0) is 20.3. The highest BCUT2D eigenvalue weighted by atomic mass is 35.5. The molecule has 0 spiro atoms. The Morgan fingerprint density at radius 2 is 1.75 bits per heavy atom. The van der Waals surface area contributed by atoms with Crippen LogP contribution in [-0.4, -0.2) is 49.1 Å². The molecule has 1 aliphatic heterocycles. The summed E-state index contributed by atoms with van der Waals surface area (Å²) in [6.07, 6.45) is 0. The Morgan fingerprint density at radius 3 is 2.39 bits per heavy atom. The van der Waals surface area contributed by atoms with Crippen LogP contribution < -0.4 is 15.5 Å².